The Bertz CT molecular complexity index is 586. The number of β-amino-alcohol motifs (C(OH)–C–C–N with tert-alkyl or cyclic N) is 1. The molecule has 1 aromatic rings. The molecule has 2 heterocycles. The Balaban J connectivity index is 2.14. The highest BCUT2D eigenvalue weighted by Gasteiger charge is 2.46. The minimum atomic E-state index is -3.68. The largest absolute Gasteiger partial charge is 0.477 e. The molecule has 1 aromatic heterocycles. The normalized spacial score (nSPS) is 19.1. The fraction of sp³-hybridized carbons (Fsp3) is 0.545. The Hall–Kier alpha value is -0.960. The zero-order valence-corrected chi connectivity index (χ0v) is 12.0. The van der Waals surface area contributed by atoms with E-state index >= 15 is 0 Å². The van der Waals surface area contributed by atoms with E-state index in [-0.39, 0.29) is 22.9 Å². The Labute approximate surface area is 115 Å². The summed E-state index contributed by atoms with van der Waals surface area (Å²) >= 11 is 0.879. The van der Waals surface area contributed by atoms with E-state index in [1.807, 2.05) is 6.92 Å². The van der Waals surface area contributed by atoms with Gasteiger partial charge in [-0.05, 0) is 12.5 Å². The molecule has 19 heavy (non-hydrogen) atoms. The van der Waals surface area contributed by atoms with Crippen molar-refractivity contribution >= 4 is 27.3 Å². The van der Waals surface area contributed by atoms with E-state index in [1.165, 1.54) is 9.69 Å². The van der Waals surface area contributed by atoms with Gasteiger partial charge in [0.05, 0.1) is 10.5 Å². The van der Waals surface area contributed by atoms with Crippen LogP contribution in [0.25, 0.3) is 0 Å². The Morgan fingerprint density at radius 1 is 1.53 bits per heavy atom. The molecule has 1 aliphatic rings. The summed E-state index contributed by atoms with van der Waals surface area (Å²) in [6, 6.07) is 1.15. The summed E-state index contributed by atoms with van der Waals surface area (Å²) in [5.74, 6) is -1.14. The molecule has 0 aliphatic carbocycles. The maximum Gasteiger partial charge on any atom is 0.345 e. The van der Waals surface area contributed by atoms with Crippen molar-refractivity contribution in [1.29, 1.82) is 0 Å². The Morgan fingerprint density at radius 3 is 2.63 bits per heavy atom. The number of rotatable bonds is 5. The predicted octanol–water partition coefficient (Wildman–Crippen LogP) is 0.982. The van der Waals surface area contributed by atoms with Crippen LogP contribution in [0.1, 0.15) is 29.4 Å². The first-order valence-corrected chi connectivity index (χ1v) is 8.15. The summed E-state index contributed by atoms with van der Waals surface area (Å²) in [7, 11) is -3.68. The van der Waals surface area contributed by atoms with E-state index in [2.05, 4.69) is 0 Å². The molecule has 2 N–H and O–H groups in total. The zero-order chi connectivity index (χ0) is 14.3. The molecule has 1 saturated heterocycles. The van der Waals surface area contributed by atoms with Gasteiger partial charge in [-0.25, -0.2) is 13.2 Å². The molecular formula is C11H15NO5S2. The number of carboxylic acid groups (broad SMARTS) is 1. The van der Waals surface area contributed by atoms with Gasteiger partial charge in [0.2, 0.25) is 10.0 Å². The quantitative estimate of drug-likeness (QED) is 0.845. The number of nitrogens with zero attached hydrogens (tertiary/aromatic N) is 1. The van der Waals surface area contributed by atoms with E-state index in [4.69, 9.17) is 5.11 Å². The summed E-state index contributed by atoms with van der Waals surface area (Å²) in [4.78, 5) is 10.7. The van der Waals surface area contributed by atoms with Gasteiger partial charge in [0.1, 0.15) is 4.88 Å². The molecule has 0 saturated carbocycles. The van der Waals surface area contributed by atoms with E-state index in [1.54, 1.807) is 0 Å². The van der Waals surface area contributed by atoms with Gasteiger partial charge < -0.3 is 10.2 Å². The van der Waals surface area contributed by atoms with Crippen LogP contribution in [0.3, 0.4) is 0 Å². The molecular weight excluding hydrogens is 290 g/mol. The van der Waals surface area contributed by atoms with Crippen LogP contribution in [0.2, 0.25) is 0 Å². The van der Waals surface area contributed by atoms with Crippen LogP contribution in [-0.2, 0) is 10.0 Å². The maximum absolute atomic E-state index is 12.2. The molecule has 1 aliphatic heterocycles. The van der Waals surface area contributed by atoms with Gasteiger partial charge in [0.15, 0.2) is 0 Å². The SMILES string of the molecule is CCCC1(O)CN(S(=O)(=O)c2csc(C(=O)O)c2)C1. The van der Waals surface area contributed by atoms with Crippen LogP contribution in [0.5, 0.6) is 0 Å². The monoisotopic (exact) mass is 305 g/mol. The van der Waals surface area contributed by atoms with Gasteiger partial charge in [-0.15, -0.1) is 11.3 Å². The Morgan fingerprint density at radius 2 is 2.16 bits per heavy atom. The third kappa shape index (κ3) is 2.66. The first-order valence-electron chi connectivity index (χ1n) is 5.83. The number of carbonyl (C=O) groups is 1. The number of thiophene rings is 1. The molecule has 0 aromatic carbocycles. The summed E-state index contributed by atoms with van der Waals surface area (Å²) in [6.07, 6.45) is 1.34. The van der Waals surface area contributed by atoms with Gasteiger partial charge in [-0.3, -0.25) is 0 Å². The average Bonchev–Trinajstić information content (AvgIpc) is 2.75. The summed E-state index contributed by atoms with van der Waals surface area (Å²) in [5, 5.41) is 20.1. The van der Waals surface area contributed by atoms with Crippen molar-refractivity contribution in [3.8, 4) is 0 Å². The first kappa shape index (κ1) is 14.4. The zero-order valence-electron chi connectivity index (χ0n) is 10.4. The highest BCUT2D eigenvalue weighted by molar-refractivity contribution is 7.89. The molecule has 0 bridgehead atoms. The highest BCUT2D eigenvalue weighted by atomic mass is 32.2. The van der Waals surface area contributed by atoms with E-state index in [9.17, 15) is 18.3 Å². The topological polar surface area (TPSA) is 94.9 Å². The van der Waals surface area contributed by atoms with Crippen molar-refractivity contribution in [1.82, 2.24) is 4.31 Å². The van der Waals surface area contributed by atoms with E-state index in [0.717, 1.165) is 23.8 Å². The smallest absolute Gasteiger partial charge is 0.345 e. The average molecular weight is 305 g/mol. The highest BCUT2D eigenvalue weighted by Crippen LogP contribution is 2.32. The van der Waals surface area contributed by atoms with Crippen LogP contribution in [-0.4, -0.2) is 47.6 Å². The lowest BCUT2D eigenvalue weighted by atomic mass is 9.92. The molecule has 0 amide bonds. The van der Waals surface area contributed by atoms with Crippen molar-refractivity contribution in [2.75, 3.05) is 13.1 Å². The van der Waals surface area contributed by atoms with Crippen molar-refractivity contribution in [3.05, 3.63) is 16.3 Å². The number of aromatic carboxylic acids is 1. The van der Waals surface area contributed by atoms with Crippen LogP contribution in [0.15, 0.2) is 16.3 Å². The fourth-order valence-corrected chi connectivity index (χ4v) is 4.82. The van der Waals surface area contributed by atoms with Crippen molar-refractivity contribution in [2.24, 2.45) is 0 Å². The van der Waals surface area contributed by atoms with Crippen molar-refractivity contribution < 1.29 is 23.4 Å². The lowest BCUT2D eigenvalue weighted by Gasteiger charge is -2.45. The summed E-state index contributed by atoms with van der Waals surface area (Å²) < 4.78 is 25.5. The first-order chi connectivity index (χ1) is 8.78. The second kappa shape index (κ2) is 4.86. The molecule has 0 atom stereocenters. The number of carboxylic acids is 1. The maximum atomic E-state index is 12.2. The minimum Gasteiger partial charge on any atom is -0.477 e. The molecule has 8 heteroatoms. The van der Waals surface area contributed by atoms with Gasteiger partial charge in [0, 0.05) is 18.5 Å². The van der Waals surface area contributed by atoms with Crippen molar-refractivity contribution in [3.63, 3.8) is 0 Å². The van der Waals surface area contributed by atoms with Crippen LogP contribution < -0.4 is 0 Å². The van der Waals surface area contributed by atoms with Crippen LogP contribution in [0.4, 0.5) is 0 Å². The second-order valence-corrected chi connectivity index (χ2v) is 7.55. The van der Waals surface area contributed by atoms with Gasteiger partial charge in [-0.2, -0.15) is 4.31 Å². The van der Waals surface area contributed by atoms with Crippen molar-refractivity contribution in [2.45, 2.75) is 30.3 Å². The lowest BCUT2D eigenvalue weighted by molar-refractivity contribution is -0.0653. The number of hydrogen-bond donors (Lipinski definition) is 2. The fourth-order valence-electron chi connectivity index (χ4n) is 2.12. The third-order valence-corrected chi connectivity index (χ3v) is 5.92. The van der Waals surface area contributed by atoms with Crippen LogP contribution in [0, 0.1) is 0 Å². The summed E-state index contributed by atoms with van der Waals surface area (Å²) in [6.45, 7) is 2.07. The predicted molar refractivity (Wildman–Crippen MR) is 69.9 cm³/mol. The third-order valence-electron chi connectivity index (χ3n) is 3.08. The van der Waals surface area contributed by atoms with Crippen LogP contribution >= 0.6 is 11.3 Å². The number of hydrogen-bond acceptors (Lipinski definition) is 5. The standard InChI is InChI=1S/C11H15NO5S2/c1-2-3-11(15)6-12(7-11)19(16,17)8-4-9(10(13)14)18-5-8/h4-5,15H,2-3,6-7H2,1H3,(H,13,14). The number of aliphatic hydroxyl groups is 1. The second-order valence-electron chi connectivity index (χ2n) is 4.70. The lowest BCUT2D eigenvalue weighted by Crippen LogP contribution is -2.63. The van der Waals surface area contributed by atoms with Gasteiger partial charge in [0.25, 0.3) is 0 Å². The van der Waals surface area contributed by atoms with E-state index < -0.39 is 21.6 Å². The molecule has 0 spiro atoms. The molecule has 106 valence electrons. The number of sulfonamides is 1. The molecule has 0 unspecified atom stereocenters. The molecule has 0 radical (unpaired) electrons. The minimum absolute atomic E-state index is 0.0112. The summed E-state index contributed by atoms with van der Waals surface area (Å²) in [5.41, 5.74) is -0.937. The molecule has 2 rings (SSSR count). The van der Waals surface area contributed by atoms with E-state index in [0.29, 0.717) is 6.42 Å². The molecule has 1 fully saturated rings. The Kier molecular flexibility index (Phi) is 3.69. The van der Waals surface area contributed by atoms with Gasteiger partial charge in [-0.1, -0.05) is 13.3 Å². The molecule has 6 nitrogen and oxygen atoms in total. The van der Waals surface area contributed by atoms with Gasteiger partial charge >= 0.3 is 5.97 Å².